The first kappa shape index (κ1) is 17.4. The van der Waals surface area contributed by atoms with E-state index in [4.69, 9.17) is 9.47 Å². The third-order valence-corrected chi connectivity index (χ3v) is 4.22. The molecule has 2 atom stereocenters. The molecule has 2 unspecified atom stereocenters. The molecule has 1 aromatic rings. The van der Waals surface area contributed by atoms with Gasteiger partial charge in [0, 0.05) is 20.1 Å². The number of nitrogens with zero attached hydrogens (tertiary/aromatic N) is 2. The predicted molar refractivity (Wildman–Crippen MR) is 94.4 cm³/mol. The predicted octanol–water partition coefficient (Wildman–Crippen LogP) is 2.77. The number of aliphatic imine (C=N–C) groups is 1. The molecule has 0 amide bonds. The van der Waals surface area contributed by atoms with E-state index in [1.54, 1.807) is 7.11 Å². The van der Waals surface area contributed by atoms with Crippen molar-refractivity contribution in [1.29, 1.82) is 0 Å². The number of likely N-dealkylation sites (N-methyl/N-ethyl adjacent to an activating group) is 1. The molecule has 1 N–H and O–H groups in total. The number of ether oxygens (including phenoxy) is 2. The van der Waals surface area contributed by atoms with E-state index in [-0.39, 0.29) is 0 Å². The van der Waals surface area contributed by atoms with E-state index >= 15 is 0 Å². The molecule has 0 spiro atoms. The minimum Gasteiger partial charge on any atom is -0.497 e. The average molecular weight is 319 g/mol. The fourth-order valence-corrected chi connectivity index (χ4v) is 2.70. The van der Waals surface area contributed by atoms with Gasteiger partial charge in [0.05, 0.1) is 13.7 Å². The van der Waals surface area contributed by atoms with E-state index in [2.05, 4.69) is 22.1 Å². The van der Waals surface area contributed by atoms with Crippen LogP contribution in [0.4, 0.5) is 0 Å². The van der Waals surface area contributed by atoms with Crippen LogP contribution in [0.3, 0.4) is 0 Å². The molecule has 2 rings (SSSR count). The fourth-order valence-electron chi connectivity index (χ4n) is 2.70. The Morgan fingerprint density at radius 2 is 2.00 bits per heavy atom. The van der Waals surface area contributed by atoms with E-state index in [0.29, 0.717) is 12.6 Å². The van der Waals surface area contributed by atoms with E-state index < -0.39 is 0 Å². The highest BCUT2D eigenvalue weighted by Crippen LogP contribution is 2.34. The highest BCUT2D eigenvalue weighted by molar-refractivity contribution is 5.80. The molecule has 23 heavy (non-hydrogen) atoms. The molecule has 0 bridgehead atoms. The summed E-state index contributed by atoms with van der Waals surface area (Å²) in [5.41, 5.74) is 0. The van der Waals surface area contributed by atoms with Crippen molar-refractivity contribution in [3.05, 3.63) is 24.3 Å². The molecule has 128 valence electrons. The number of nitrogens with one attached hydrogen (secondary N) is 1. The van der Waals surface area contributed by atoms with Gasteiger partial charge in [-0.3, -0.25) is 4.99 Å². The Morgan fingerprint density at radius 1 is 1.30 bits per heavy atom. The maximum atomic E-state index is 5.77. The summed E-state index contributed by atoms with van der Waals surface area (Å²) in [6.07, 6.45) is 3.83. The third-order valence-electron chi connectivity index (χ3n) is 4.22. The van der Waals surface area contributed by atoms with Crippen molar-refractivity contribution < 1.29 is 9.47 Å². The Labute approximate surface area is 139 Å². The summed E-state index contributed by atoms with van der Waals surface area (Å²) in [4.78, 5) is 6.49. The Balaban J connectivity index is 1.71. The molecular weight excluding hydrogens is 290 g/mol. The molecule has 1 aliphatic rings. The minimum absolute atomic E-state index is 0.596. The quantitative estimate of drug-likeness (QED) is 0.591. The number of guanidine groups is 1. The summed E-state index contributed by atoms with van der Waals surface area (Å²) < 4.78 is 10.9. The maximum absolute atomic E-state index is 5.77. The van der Waals surface area contributed by atoms with Crippen molar-refractivity contribution in [1.82, 2.24) is 10.2 Å². The van der Waals surface area contributed by atoms with Gasteiger partial charge >= 0.3 is 0 Å². The van der Waals surface area contributed by atoms with Crippen LogP contribution in [0.2, 0.25) is 0 Å². The third kappa shape index (κ3) is 5.34. The Kier molecular flexibility index (Phi) is 6.56. The molecule has 1 fully saturated rings. The number of methoxy groups -OCH3 is 1. The van der Waals surface area contributed by atoms with Gasteiger partial charge in [-0.25, -0.2) is 0 Å². The molecule has 5 heteroatoms. The first-order chi connectivity index (χ1) is 11.2. The zero-order chi connectivity index (χ0) is 16.7. The largest absolute Gasteiger partial charge is 0.497 e. The lowest BCUT2D eigenvalue weighted by atomic mass is 10.2. The molecule has 1 aromatic carbocycles. The van der Waals surface area contributed by atoms with E-state index in [1.807, 2.05) is 38.4 Å². The van der Waals surface area contributed by atoms with Gasteiger partial charge in [-0.05, 0) is 43.0 Å². The molecule has 1 aliphatic carbocycles. The van der Waals surface area contributed by atoms with Crippen LogP contribution in [-0.2, 0) is 0 Å². The summed E-state index contributed by atoms with van der Waals surface area (Å²) in [5, 5.41) is 3.54. The van der Waals surface area contributed by atoms with Crippen molar-refractivity contribution in [3.63, 3.8) is 0 Å². The van der Waals surface area contributed by atoms with Crippen molar-refractivity contribution in [2.45, 2.75) is 32.2 Å². The van der Waals surface area contributed by atoms with Gasteiger partial charge < -0.3 is 19.7 Å². The topological polar surface area (TPSA) is 46.1 Å². The standard InChI is InChI=1S/C18H29N3O2/c1-5-6-14-13-17(14)20-18(19-2)21(3)11-12-23-16-9-7-15(22-4)8-10-16/h7-10,14,17H,5-6,11-13H2,1-4H3,(H,19,20). The van der Waals surface area contributed by atoms with E-state index in [1.165, 1.54) is 19.3 Å². The first-order valence-electron chi connectivity index (χ1n) is 8.39. The number of benzene rings is 1. The van der Waals surface area contributed by atoms with Gasteiger partial charge in [-0.2, -0.15) is 0 Å². The summed E-state index contributed by atoms with van der Waals surface area (Å²) >= 11 is 0. The van der Waals surface area contributed by atoms with Gasteiger partial charge in [0.25, 0.3) is 0 Å². The van der Waals surface area contributed by atoms with Crippen LogP contribution in [0.15, 0.2) is 29.3 Å². The molecule has 1 saturated carbocycles. The second-order valence-electron chi connectivity index (χ2n) is 6.03. The average Bonchev–Trinajstić information content (AvgIpc) is 3.31. The minimum atomic E-state index is 0.596. The van der Waals surface area contributed by atoms with E-state index in [0.717, 1.165) is 29.9 Å². The summed E-state index contributed by atoms with van der Waals surface area (Å²) in [6, 6.07) is 8.25. The second-order valence-corrected chi connectivity index (χ2v) is 6.03. The summed E-state index contributed by atoms with van der Waals surface area (Å²) in [7, 11) is 5.54. The van der Waals surface area contributed by atoms with Crippen molar-refractivity contribution in [2.75, 3.05) is 34.4 Å². The fraction of sp³-hybridized carbons (Fsp3) is 0.611. The lowest BCUT2D eigenvalue weighted by Gasteiger charge is -2.22. The molecule has 0 aromatic heterocycles. The molecule has 0 aliphatic heterocycles. The zero-order valence-electron chi connectivity index (χ0n) is 14.7. The number of hydrogen-bond acceptors (Lipinski definition) is 3. The second kappa shape index (κ2) is 8.65. The Hall–Kier alpha value is -1.91. The van der Waals surface area contributed by atoms with Crippen molar-refractivity contribution in [3.8, 4) is 11.5 Å². The van der Waals surface area contributed by atoms with Crippen LogP contribution in [0.25, 0.3) is 0 Å². The van der Waals surface area contributed by atoms with Crippen LogP contribution in [0.5, 0.6) is 11.5 Å². The summed E-state index contributed by atoms with van der Waals surface area (Å²) in [6.45, 7) is 3.65. The van der Waals surface area contributed by atoms with Crippen molar-refractivity contribution >= 4 is 5.96 Å². The maximum Gasteiger partial charge on any atom is 0.193 e. The highest BCUT2D eigenvalue weighted by Gasteiger charge is 2.36. The number of rotatable bonds is 8. The van der Waals surface area contributed by atoms with Gasteiger partial charge in [0.2, 0.25) is 0 Å². The molecular formula is C18H29N3O2. The van der Waals surface area contributed by atoms with Crippen LogP contribution in [0.1, 0.15) is 26.2 Å². The smallest absolute Gasteiger partial charge is 0.193 e. The first-order valence-corrected chi connectivity index (χ1v) is 8.39. The van der Waals surface area contributed by atoms with Crippen molar-refractivity contribution in [2.24, 2.45) is 10.9 Å². The van der Waals surface area contributed by atoms with Crippen LogP contribution >= 0.6 is 0 Å². The lowest BCUT2D eigenvalue weighted by Crippen LogP contribution is -2.42. The van der Waals surface area contributed by atoms with Gasteiger partial charge in [-0.1, -0.05) is 13.3 Å². The number of hydrogen-bond donors (Lipinski definition) is 1. The molecule has 5 nitrogen and oxygen atoms in total. The normalized spacial score (nSPS) is 20.1. The lowest BCUT2D eigenvalue weighted by molar-refractivity contribution is 0.280. The van der Waals surface area contributed by atoms with Gasteiger partial charge in [0.15, 0.2) is 5.96 Å². The Morgan fingerprint density at radius 3 is 2.61 bits per heavy atom. The monoisotopic (exact) mass is 319 g/mol. The zero-order valence-corrected chi connectivity index (χ0v) is 14.7. The van der Waals surface area contributed by atoms with Crippen LogP contribution in [0, 0.1) is 5.92 Å². The van der Waals surface area contributed by atoms with E-state index in [9.17, 15) is 0 Å². The van der Waals surface area contributed by atoms with Gasteiger partial charge in [-0.15, -0.1) is 0 Å². The SMILES string of the molecule is CCCC1CC1NC(=NC)N(C)CCOc1ccc(OC)cc1. The van der Waals surface area contributed by atoms with Crippen LogP contribution < -0.4 is 14.8 Å². The molecule has 0 heterocycles. The molecule has 0 saturated heterocycles. The molecule has 0 radical (unpaired) electrons. The summed E-state index contributed by atoms with van der Waals surface area (Å²) in [5.74, 6) is 3.46. The van der Waals surface area contributed by atoms with Crippen LogP contribution in [-0.4, -0.2) is 51.3 Å². The highest BCUT2D eigenvalue weighted by atomic mass is 16.5. The van der Waals surface area contributed by atoms with Gasteiger partial charge in [0.1, 0.15) is 18.1 Å². The Bertz CT molecular complexity index is 501.